The van der Waals surface area contributed by atoms with Crippen molar-refractivity contribution >= 4 is 10.9 Å². The standard InChI is InChI=1S/C10H8FNO2/c11-6-14-8-3-1-7-2-4-10(13)12-9(7)5-8/h1-5H,6H2,(H,12,13). The fourth-order valence-corrected chi connectivity index (χ4v) is 1.28. The molecular weight excluding hydrogens is 185 g/mol. The van der Waals surface area contributed by atoms with Gasteiger partial charge in [-0.1, -0.05) is 0 Å². The summed E-state index contributed by atoms with van der Waals surface area (Å²) >= 11 is 0. The van der Waals surface area contributed by atoms with E-state index in [-0.39, 0.29) is 5.56 Å². The molecule has 0 aliphatic rings. The van der Waals surface area contributed by atoms with Gasteiger partial charge in [-0.3, -0.25) is 4.79 Å². The third kappa shape index (κ3) is 1.59. The topological polar surface area (TPSA) is 42.1 Å². The highest BCUT2D eigenvalue weighted by Gasteiger charge is 1.97. The first-order valence-electron chi connectivity index (χ1n) is 4.11. The van der Waals surface area contributed by atoms with Gasteiger partial charge in [-0.05, 0) is 23.6 Å². The summed E-state index contributed by atoms with van der Waals surface area (Å²) in [6.45, 7) is -0.872. The van der Waals surface area contributed by atoms with E-state index >= 15 is 0 Å². The lowest BCUT2D eigenvalue weighted by Crippen LogP contribution is -2.02. The van der Waals surface area contributed by atoms with Gasteiger partial charge in [0, 0.05) is 12.1 Å². The van der Waals surface area contributed by atoms with Crippen molar-refractivity contribution in [2.75, 3.05) is 6.86 Å². The summed E-state index contributed by atoms with van der Waals surface area (Å²) in [7, 11) is 0. The molecule has 4 heteroatoms. The van der Waals surface area contributed by atoms with Crippen molar-refractivity contribution in [1.29, 1.82) is 0 Å². The molecule has 1 heterocycles. The zero-order valence-corrected chi connectivity index (χ0v) is 7.29. The van der Waals surface area contributed by atoms with Crippen LogP contribution in [-0.4, -0.2) is 11.8 Å². The van der Waals surface area contributed by atoms with Crippen LogP contribution in [0.15, 0.2) is 35.1 Å². The van der Waals surface area contributed by atoms with Crippen LogP contribution in [0.3, 0.4) is 0 Å². The highest BCUT2D eigenvalue weighted by Crippen LogP contribution is 2.17. The molecular formula is C10H8FNO2. The van der Waals surface area contributed by atoms with Gasteiger partial charge in [0.25, 0.3) is 0 Å². The van der Waals surface area contributed by atoms with Crippen molar-refractivity contribution in [2.24, 2.45) is 0 Å². The molecule has 0 unspecified atom stereocenters. The molecule has 0 aliphatic carbocycles. The van der Waals surface area contributed by atoms with E-state index in [1.165, 1.54) is 6.07 Å². The molecule has 0 fully saturated rings. The van der Waals surface area contributed by atoms with Gasteiger partial charge < -0.3 is 9.72 Å². The average molecular weight is 193 g/mol. The van der Waals surface area contributed by atoms with Crippen LogP contribution in [0.2, 0.25) is 0 Å². The van der Waals surface area contributed by atoms with Gasteiger partial charge in [0.1, 0.15) is 5.75 Å². The number of rotatable bonds is 2. The maximum atomic E-state index is 11.9. The fourth-order valence-electron chi connectivity index (χ4n) is 1.28. The van der Waals surface area contributed by atoms with Crippen LogP contribution in [-0.2, 0) is 0 Å². The summed E-state index contributed by atoms with van der Waals surface area (Å²) in [6.07, 6.45) is 0. The van der Waals surface area contributed by atoms with Crippen LogP contribution in [0.25, 0.3) is 10.9 Å². The van der Waals surface area contributed by atoms with E-state index < -0.39 is 6.86 Å². The third-order valence-electron chi connectivity index (χ3n) is 1.92. The number of halogens is 1. The van der Waals surface area contributed by atoms with Crippen LogP contribution >= 0.6 is 0 Å². The summed E-state index contributed by atoms with van der Waals surface area (Å²) in [5, 5.41) is 0.885. The Labute approximate surface area is 79.1 Å². The first-order valence-corrected chi connectivity index (χ1v) is 4.11. The SMILES string of the molecule is O=c1ccc2ccc(OCF)cc2[nH]1. The molecule has 3 nitrogen and oxygen atoms in total. The van der Waals surface area contributed by atoms with Crippen molar-refractivity contribution in [1.82, 2.24) is 4.98 Å². The zero-order valence-electron chi connectivity index (χ0n) is 7.29. The number of nitrogens with one attached hydrogen (secondary N) is 1. The molecule has 0 atom stereocenters. The largest absolute Gasteiger partial charge is 0.463 e. The van der Waals surface area contributed by atoms with E-state index in [1.54, 1.807) is 24.3 Å². The number of alkyl halides is 1. The lowest BCUT2D eigenvalue weighted by molar-refractivity contribution is 0.192. The molecule has 1 aromatic carbocycles. The minimum atomic E-state index is -0.872. The molecule has 0 bridgehead atoms. The molecule has 0 aliphatic heterocycles. The Balaban J connectivity index is 2.58. The Hall–Kier alpha value is -1.84. The van der Waals surface area contributed by atoms with Crippen LogP contribution in [0, 0.1) is 0 Å². The second-order valence-corrected chi connectivity index (χ2v) is 2.83. The highest BCUT2D eigenvalue weighted by molar-refractivity contribution is 5.79. The van der Waals surface area contributed by atoms with E-state index in [1.807, 2.05) is 0 Å². The quantitative estimate of drug-likeness (QED) is 0.790. The highest BCUT2D eigenvalue weighted by atomic mass is 19.1. The number of pyridine rings is 1. The van der Waals surface area contributed by atoms with Gasteiger partial charge in [-0.2, -0.15) is 0 Å². The second kappa shape index (κ2) is 3.49. The van der Waals surface area contributed by atoms with Crippen molar-refractivity contribution in [2.45, 2.75) is 0 Å². The molecule has 0 radical (unpaired) electrons. The number of hydrogen-bond donors (Lipinski definition) is 1. The first kappa shape index (κ1) is 8.74. The molecule has 2 rings (SSSR count). The number of H-pyrrole nitrogens is 1. The van der Waals surface area contributed by atoms with Gasteiger partial charge in [0.2, 0.25) is 12.4 Å². The number of aromatic nitrogens is 1. The van der Waals surface area contributed by atoms with Crippen molar-refractivity contribution in [3.05, 3.63) is 40.7 Å². The predicted molar refractivity (Wildman–Crippen MR) is 51.2 cm³/mol. The predicted octanol–water partition coefficient (Wildman–Crippen LogP) is 1.83. The molecule has 14 heavy (non-hydrogen) atoms. The summed E-state index contributed by atoms with van der Waals surface area (Å²) in [5.74, 6) is 0.404. The van der Waals surface area contributed by atoms with E-state index in [4.69, 9.17) is 0 Å². The van der Waals surface area contributed by atoms with Crippen LogP contribution in [0.5, 0.6) is 5.75 Å². The Morgan fingerprint density at radius 2 is 2.07 bits per heavy atom. The molecule has 0 amide bonds. The van der Waals surface area contributed by atoms with Gasteiger partial charge in [-0.25, -0.2) is 4.39 Å². The van der Waals surface area contributed by atoms with E-state index in [2.05, 4.69) is 9.72 Å². The average Bonchev–Trinajstić information content (AvgIpc) is 2.17. The Bertz CT molecular complexity index is 507. The fraction of sp³-hybridized carbons (Fsp3) is 0.100. The maximum absolute atomic E-state index is 11.9. The maximum Gasteiger partial charge on any atom is 0.248 e. The molecule has 1 N–H and O–H groups in total. The van der Waals surface area contributed by atoms with Gasteiger partial charge in [-0.15, -0.1) is 0 Å². The van der Waals surface area contributed by atoms with Gasteiger partial charge >= 0.3 is 0 Å². The number of benzene rings is 1. The summed E-state index contributed by atoms with van der Waals surface area (Å²) in [4.78, 5) is 13.6. The molecule has 0 spiro atoms. The minimum absolute atomic E-state index is 0.185. The summed E-state index contributed by atoms with van der Waals surface area (Å²) < 4.78 is 16.5. The molecule has 0 saturated heterocycles. The van der Waals surface area contributed by atoms with Crippen LogP contribution in [0.1, 0.15) is 0 Å². The number of ether oxygens (including phenoxy) is 1. The van der Waals surface area contributed by atoms with Crippen LogP contribution in [0.4, 0.5) is 4.39 Å². The summed E-state index contributed by atoms with van der Waals surface area (Å²) in [5.41, 5.74) is 0.457. The Morgan fingerprint density at radius 3 is 2.86 bits per heavy atom. The number of fused-ring (bicyclic) bond motifs is 1. The first-order chi connectivity index (χ1) is 6.79. The second-order valence-electron chi connectivity index (χ2n) is 2.83. The zero-order chi connectivity index (χ0) is 9.97. The monoisotopic (exact) mass is 193 g/mol. The van der Waals surface area contributed by atoms with Crippen molar-refractivity contribution in [3.8, 4) is 5.75 Å². The van der Waals surface area contributed by atoms with Crippen molar-refractivity contribution < 1.29 is 9.13 Å². The number of hydrogen-bond acceptors (Lipinski definition) is 2. The van der Waals surface area contributed by atoms with Gasteiger partial charge in [0.15, 0.2) is 0 Å². The molecule has 0 saturated carbocycles. The molecule has 72 valence electrons. The number of aromatic amines is 1. The summed E-state index contributed by atoms with van der Waals surface area (Å²) in [6, 6.07) is 8.15. The smallest absolute Gasteiger partial charge is 0.248 e. The minimum Gasteiger partial charge on any atom is -0.463 e. The normalized spacial score (nSPS) is 10.4. The van der Waals surface area contributed by atoms with Crippen molar-refractivity contribution in [3.63, 3.8) is 0 Å². The Kier molecular flexibility index (Phi) is 2.18. The van der Waals surface area contributed by atoms with Gasteiger partial charge in [0.05, 0.1) is 5.52 Å². The van der Waals surface area contributed by atoms with Crippen LogP contribution < -0.4 is 10.3 Å². The molecule has 1 aromatic heterocycles. The third-order valence-corrected chi connectivity index (χ3v) is 1.92. The lowest BCUT2D eigenvalue weighted by atomic mass is 10.2. The molecule has 2 aromatic rings. The Morgan fingerprint density at radius 1 is 1.29 bits per heavy atom. The lowest BCUT2D eigenvalue weighted by Gasteiger charge is -2.02. The van der Waals surface area contributed by atoms with E-state index in [0.29, 0.717) is 11.3 Å². The van der Waals surface area contributed by atoms with E-state index in [0.717, 1.165) is 5.39 Å². The van der Waals surface area contributed by atoms with E-state index in [9.17, 15) is 9.18 Å².